The fourth-order valence-corrected chi connectivity index (χ4v) is 2.77. The van der Waals surface area contributed by atoms with E-state index in [4.69, 9.17) is 9.47 Å². The zero-order valence-corrected chi connectivity index (χ0v) is 16.2. The SMILES string of the molecule is COc1ccc(CC(=O)Nc2ccc(Nc3ccccc3C)nc2)cc1OC. The van der Waals surface area contributed by atoms with E-state index in [2.05, 4.69) is 15.6 Å². The second-order valence-electron chi connectivity index (χ2n) is 6.29. The first-order valence-electron chi connectivity index (χ1n) is 8.88. The number of para-hydroxylation sites is 1. The average Bonchev–Trinajstić information content (AvgIpc) is 2.71. The summed E-state index contributed by atoms with van der Waals surface area (Å²) in [6.07, 6.45) is 1.86. The quantitative estimate of drug-likeness (QED) is 0.641. The minimum atomic E-state index is -0.131. The number of ether oxygens (including phenoxy) is 2. The number of anilines is 3. The van der Waals surface area contributed by atoms with Gasteiger partial charge in [0.1, 0.15) is 5.82 Å². The summed E-state index contributed by atoms with van der Waals surface area (Å²) in [5.41, 5.74) is 3.61. The van der Waals surface area contributed by atoms with Crippen LogP contribution in [0.5, 0.6) is 11.5 Å². The molecular weight excluding hydrogens is 354 g/mol. The second kappa shape index (κ2) is 8.90. The molecule has 0 aliphatic rings. The van der Waals surface area contributed by atoms with Gasteiger partial charge >= 0.3 is 0 Å². The fourth-order valence-electron chi connectivity index (χ4n) is 2.77. The van der Waals surface area contributed by atoms with Crippen molar-refractivity contribution in [1.29, 1.82) is 0 Å². The first-order valence-corrected chi connectivity index (χ1v) is 8.88. The summed E-state index contributed by atoms with van der Waals surface area (Å²) in [5, 5.41) is 6.12. The monoisotopic (exact) mass is 377 g/mol. The summed E-state index contributed by atoms with van der Waals surface area (Å²) in [6.45, 7) is 2.03. The molecule has 6 heteroatoms. The van der Waals surface area contributed by atoms with Gasteiger partial charge in [0.25, 0.3) is 0 Å². The summed E-state index contributed by atoms with van der Waals surface area (Å²) in [7, 11) is 3.15. The van der Waals surface area contributed by atoms with E-state index in [0.29, 0.717) is 23.0 Å². The molecule has 1 aromatic heterocycles. The molecule has 0 saturated heterocycles. The van der Waals surface area contributed by atoms with Crippen LogP contribution in [0.3, 0.4) is 0 Å². The first kappa shape index (κ1) is 19.2. The number of nitrogens with one attached hydrogen (secondary N) is 2. The standard InChI is InChI=1S/C22H23N3O3/c1-15-6-4-5-7-18(15)25-21-11-9-17(14-23-21)24-22(26)13-16-8-10-19(27-2)20(12-16)28-3/h4-12,14H,13H2,1-3H3,(H,23,25)(H,24,26). The number of aryl methyl sites for hydroxylation is 1. The molecule has 3 rings (SSSR count). The van der Waals surface area contributed by atoms with Crippen molar-refractivity contribution in [2.75, 3.05) is 24.9 Å². The Morgan fingerprint density at radius 1 is 1.00 bits per heavy atom. The Labute approximate surface area is 164 Å². The predicted molar refractivity (Wildman–Crippen MR) is 111 cm³/mol. The Morgan fingerprint density at radius 2 is 1.79 bits per heavy atom. The maximum absolute atomic E-state index is 12.3. The lowest BCUT2D eigenvalue weighted by atomic mass is 10.1. The molecule has 0 saturated carbocycles. The van der Waals surface area contributed by atoms with Gasteiger partial charge in [0.15, 0.2) is 11.5 Å². The lowest BCUT2D eigenvalue weighted by molar-refractivity contribution is -0.115. The molecule has 28 heavy (non-hydrogen) atoms. The van der Waals surface area contributed by atoms with Gasteiger partial charge < -0.3 is 20.1 Å². The smallest absolute Gasteiger partial charge is 0.228 e. The van der Waals surface area contributed by atoms with Gasteiger partial charge in [-0.05, 0) is 48.4 Å². The highest BCUT2D eigenvalue weighted by molar-refractivity contribution is 5.92. The number of rotatable bonds is 7. The topological polar surface area (TPSA) is 72.5 Å². The number of hydrogen-bond acceptors (Lipinski definition) is 5. The average molecular weight is 377 g/mol. The minimum absolute atomic E-state index is 0.131. The molecule has 3 aromatic rings. The van der Waals surface area contributed by atoms with Crippen molar-refractivity contribution in [3.05, 3.63) is 71.9 Å². The van der Waals surface area contributed by atoms with Gasteiger partial charge in [-0.15, -0.1) is 0 Å². The minimum Gasteiger partial charge on any atom is -0.493 e. The number of pyridine rings is 1. The molecule has 0 atom stereocenters. The molecule has 0 spiro atoms. The Kier molecular flexibility index (Phi) is 6.11. The van der Waals surface area contributed by atoms with Crippen molar-refractivity contribution < 1.29 is 14.3 Å². The van der Waals surface area contributed by atoms with Crippen molar-refractivity contribution in [2.45, 2.75) is 13.3 Å². The summed E-state index contributed by atoms with van der Waals surface area (Å²) < 4.78 is 10.5. The van der Waals surface area contributed by atoms with E-state index in [-0.39, 0.29) is 12.3 Å². The number of hydrogen-bond donors (Lipinski definition) is 2. The lowest BCUT2D eigenvalue weighted by Gasteiger charge is -2.11. The van der Waals surface area contributed by atoms with Gasteiger partial charge in [0.2, 0.25) is 5.91 Å². The zero-order chi connectivity index (χ0) is 19.9. The van der Waals surface area contributed by atoms with E-state index < -0.39 is 0 Å². The summed E-state index contributed by atoms with van der Waals surface area (Å²) in [4.78, 5) is 16.7. The van der Waals surface area contributed by atoms with Gasteiger partial charge in [-0.3, -0.25) is 4.79 Å². The largest absolute Gasteiger partial charge is 0.493 e. The van der Waals surface area contributed by atoms with Crippen LogP contribution in [0, 0.1) is 6.92 Å². The highest BCUT2D eigenvalue weighted by Gasteiger charge is 2.09. The van der Waals surface area contributed by atoms with Crippen molar-refractivity contribution >= 4 is 23.1 Å². The summed E-state index contributed by atoms with van der Waals surface area (Å²) >= 11 is 0. The van der Waals surface area contributed by atoms with Crippen molar-refractivity contribution in [3.63, 3.8) is 0 Å². The van der Waals surface area contributed by atoms with Crippen molar-refractivity contribution in [3.8, 4) is 11.5 Å². The van der Waals surface area contributed by atoms with Crippen LogP contribution in [0.4, 0.5) is 17.2 Å². The van der Waals surface area contributed by atoms with Crippen LogP contribution in [-0.2, 0) is 11.2 Å². The predicted octanol–water partition coefficient (Wildman–Crippen LogP) is 4.33. The van der Waals surface area contributed by atoms with Crippen LogP contribution in [0.15, 0.2) is 60.8 Å². The van der Waals surface area contributed by atoms with Crippen LogP contribution in [-0.4, -0.2) is 25.1 Å². The number of amides is 1. The number of methoxy groups -OCH3 is 2. The number of benzene rings is 2. The zero-order valence-electron chi connectivity index (χ0n) is 16.2. The highest BCUT2D eigenvalue weighted by Crippen LogP contribution is 2.27. The van der Waals surface area contributed by atoms with Gasteiger partial charge in [0, 0.05) is 5.69 Å². The Balaban J connectivity index is 1.61. The second-order valence-corrected chi connectivity index (χ2v) is 6.29. The Morgan fingerprint density at radius 3 is 2.46 bits per heavy atom. The number of carbonyl (C=O) groups is 1. The first-order chi connectivity index (χ1) is 13.6. The molecular formula is C22H23N3O3. The molecule has 6 nitrogen and oxygen atoms in total. The van der Waals surface area contributed by atoms with Crippen LogP contribution < -0.4 is 20.1 Å². The molecule has 0 bridgehead atoms. The molecule has 1 heterocycles. The van der Waals surface area contributed by atoms with E-state index >= 15 is 0 Å². The van der Waals surface area contributed by atoms with Gasteiger partial charge in [-0.25, -0.2) is 4.98 Å². The van der Waals surface area contributed by atoms with E-state index in [9.17, 15) is 4.79 Å². The molecule has 144 valence electrons. The van der Waals surface area contributed by atoms with E-state index in [1.807, 2.05) is 49.4 Å². The maximum atomic E-state index is 12.3. The number of aromatic nitrogens is 1. The van der Waals surface area contributed by atoms with Crippen LogP contribution in [0.25, 0.3) is 0 Å². The van der Waals surface area contributed by atoms with Crippen molar-refractivity contribution in [1.82, 2.24) is 4.98 Å². The molecule has 0 unspecified atom stereocenters. The third-order valence-electron chi connectivity index (χ3n) is 4.27. The van der Waals surface area contributed by atoms with Gasteiger partial charge in [-0.2, -0.15) is 0 Å². The summed E-state index contributed by atoms with van der Waals surface area (Å²) in [5.74, 6) is 1.81. The molecule has 0 fully saturated rings. The highest BCUT2D eigenvalue weighted by atomic mass is 16.5. The van der Waals surface area contributed by atoms with Gasteiger partial charge in [0.05, 0.1) is 32.5 Å². The van der Waals surface area contributed by atoms with Gasteiger partial charge in [-0.1, -0.05) is 24.3 Å². The number of nitrogens with zero attached hydrogens (tertiary/aromatic N) is 1. The molecule has 1 amide bonds. The van der Waals surface area contributed by atoms with E-state index in [1.54, 1.807) is 32.5 Å². The normalized spacial score (nSPS) is 10.2. The molecule has 0 aliphatic carbocycles. The van der Waals surface area contributed by atoms with E-state index in [0.717, 1.165) is 16.8 Å². The maximum Gasteiger partial charge on any atom is 0.228 e. The molecule has 0 aliphatic heterocycles. The third kappa shape index (κ3) is 4.79. The summed E-state index contributed by atoms with van der Waals surface area (Å²) in [6, 6.07) is 17.1. The third-order valence-corrected chi connectivity index (χ3v) is 4.27. The van der Waals surface area contributed by atoms with E-state index in [1.165, 1.54) is 0 Å². The number of carbonyl (C=O) groups excluding carboxylic acids is 1. The molecule has 2 aromatic carbocycles. The lowest BCUT2D eigenvalue weighted by Crippen LogP contribution is -2.14. The van der Waals surface area contributed by atoms with Crippen LogP contribution in [0.2, 0.25) is 0 Å². The van der Waals surface area contributed by atoms with Crippen LogP contribution >= 0.6 is 0 Å². The fraction of sp³-hybridized carbons (Fsp3) is 0.182. The van der Waals surface area contributed by atoms with Crippen LogP contribution in [0.1, 0.15) is 11.1 Å². The Hall–Kier alpha value is -3.54. The Bertz CT molecular complexity index is 955. The molecule has 2 N–H and O–H groups in total. The van der Waals surface area contributed by atoms with Crippen molar-refractivity contribution in [2.24, 2.45) is 0 Å². The molecule has 0 radical (unpaired) electrons.